The topological polar surface area (TPSA) is 52.8 Å². The van der Waals surface area contributed by atoms with Crippen LogP contribution in [0, 0.1) is 5.92 Å². The van der Waals surface area contributed by atoms with E-state index in [1.807, 2.05) is 36.7 Å². The summed E-state index contributed by atoms with van der Waals surface area (Å²) in [6, 6.07) is 8.44. The fraction of sp³-hybridized carbons (Fsp3) is 0.500. The maximum atomic E-state index is 6.34. The number of benzene rings is 1. The highest BCUT2D eigenvalue weighted by atomic mass is 28.4. The predicted molar refractivity (Wildman–Crippen MR) is 116 cm³/mol. The largest absolute Gasteiger partial charge is 0.417 e. The molecule has 28 heavy (non-hydrogen) atoms. The van der Waals surface area contributed by atoms with Gasteiger partial charge in [0.05, 0.1) is 35.2 Å². The van der Waals surface area contributed by atoms with Crippen LogP contribution in [0.25, 0.3) is 22.3 Å². The van der Waals surface area contributed by atoms with Crippen molar-refractivity contribution in [2.24, 2.45) is 5.92 Å². The molecule has 6 heteroatoms. The Morgan fingerprint density at radius 1 is 1.14 bits per heavy atom. The standard InChI is InChI=1S/C22H30N4OSi/c1-22(2,3)28(4,5)27-11-10-16-12-21(16)26-15-17(13-24-26)20-14-23-18-8-6-7-9-19(18)25-20/h6-9,13-16,21H,10-12H2,1-5H3. The molecule has 2 unspecified atom stereocenters. The van der Waals surface area contributed by atoms with Crippen molar-refractivity contribution in [2.45, 2.75) is 57.8 Å². The molecule has 3 aromatic rings. The van der Waals surface area contributed by atoms with Crippen molar-refractivity contribution in [2.75, 3.05) is 6.61 Å². The quantitative estimate of drug-likeness (QED) is 0.521. The van der Waals surface area contributed by atoms with Gasteiger partial charge in [-0.2, -0.15) is 5.10 Å². The molecule has 0 radical (unpaired) electrons. The summed E-state index contributed by atoms with van der Waals surface area (Å²) in [6.07, 6.45) is 8.15. The smallest absolute Gasteiger partial charge is 0.191 e. The number of aromatic nitrogens is 4. The molecule has 0 saturated heterocycles. The molecule has 4 rings (SSSR count). The number of rotatable bonds is 6. The molecule has 1 aromatic carbocycles. The molecule has 5 nitrogen and oxygen atoms in total. The van der Waals surface area contributed by atoms with E-state index in [0.29, 0.717) is 12.0 Å². The third kappa shape index (κ3) is 3.89. The van der Waals surface area contributed by atoms with Gasteiger partial charge in [0.2, 0.25) is 0 Å². The van der Waals surface area contributed by atoms with Crippen LogP contribution in [0.2, 0.25) is 18.1 Å². The van der Waals surface area contributed by atoms with Crippen LogP contribution < -0.4 is 0 Å². The number of nitrogens with zero attached hydrogens (tertiary/aromatic N) is 4. The summed E-state index contributed by atoms with van der Waals surface area (Å²) in [5, 5.41) is 4.87. The third-order valence-corrected chi connectivity index (χ3v) is 10.9. The SMILES string of the molecule is CC(C)(C)[Si](C)(C)OCCC1CC1n1cc(-c2cnc3ccccc3n2)cn1. The molecule has 0 aliphatic heterocycles. The Hall–Kier alpha value is -2.05. The van der Waals surface area contributed by atoms with Crippen LogP contribution in [0.1, 0.15) is 39.7 Å². The lowest BCUT2D eigenvalue weighted by Crippen LogP contribution is -2.41. The minimum Gasteiger partial charge on any atom is -0.417 e. The second-order valence-corrected chi connectivity index (χ2v) is 14.2. The lowest BCUT2D eigenvalue weighted by molar-refractivity contribution is 0.272. The van der Waals surface area contributed by atoms with E-state index in [2.05, 4.69) is 54.8 Å². The van der Waals surface area contributed by atoms with Gasteiger partial charge >= 0.3 is 0 Å². The zero-order chi connectivity index (χ0) is 19.9. The Morgan fingerprint density at radius 3 is 2.64 bits per heavy atom. The Morgan fingerprint density at radius 2 is 1.89 bits per heavy atom. The van der Waals surface area contributed by atoms with Crippen LogP contribution in [0.3, 0.4) is 0 Å². The highest BCUT2D eigenvalue weighted by Gasteiger charge is 2.41. The van der Waals surface area contributed by atoms with E-state index in [1.54, 1.807) is 0 Å². The summed E-state index contributed by atoms with van der Waals surface area (Å²) in [6.45, 7) is 12.4. The van der Waals surface area contributed by atoms with Crippen LogP contribution in [0.15, 0.2) is 42.9 Å². The minimum atomic E-state index is -1.65. The second kappa shape index (κ2) is 7.08. The first-order valence-corrected chi connectivity index (χ1v) is 13.1. The van der Waals surface area contributed by atoms with Crippen molar-refractivity contribution in [3.8, 4) is 11.3 Å². The van der Waals surface area contributed by atoms with Gasteiger partial charge < -0.3 is 4.43 Å². The molecule has 148 valence electrons. The van der Waals surface area contributed by atoms with E-state index < -0.39 is 8.32 Å². The fourth-order valence-corrected chi connectivity index (χ4v) is 4.36. The maximum absolute atomic E-state index is 6.34. The molecule has 2 heterocycles. The first kappa shape index (κ1) is 19.3. The lowest BCUT2D eigenvalue weighted by Gasteiger charge is -2.36. The Kier molecular flexibility index (Phi) is 4.87. The van der Waals surface area contributed by atoms with E-state index in [0.717, 1.165) is 35.3 Å². The van der Waals surface area contributed by atoms with Crippen molar-refractivity contribution in [3.05, 3.63) is 42.9 Å². The van der Waals surface area contributed by atoms with Gasteiger partial charge in [-0.3, -0.25) is 9.67 Å². The zero-order valence-corrected chi connectivity index (χ0v) is 18.5. The zero-order valence-electron chi connectivity index (χ0n) is 17.5. The summed E-state index contributed by atoms with van der Waals surface area (Å²) in [7, 11) is -1.65. The maximum Gasteiger partial charge on any atom is 0.191 e. The van der Waals surface area contributed by atoms with E-state index in [1.165, 1.54) is 6.42 Å². The molecule has 2 atom stereocenters. The third-order valence-electron chi connectivity index (χ3n) is 6.33. The van der Waals surface area contributed by atoms with Gasteiger partial charge in [-0.1, -0.05) is 32.9 Å². The van der Waals surface area contributed by atoms with Gasteiger partial charge in [-0.15, -0.1) is 0 Å². The van der Waals surface area contributed by atoms with Crippen molar-refractivity contribution < 1.29 is 4.43 Å². The van der Waals surface area contributed by atoms with Crippen molar-refractivity contribution in [1.82, 2.24) is 19.7 Å². The summed E-state index contributed by atoms with van der Waals surface area (Å²) >= 11 is 0. The monoisotopic (exact) mass is 394 g/mol. The van der Waals surface area contributed by atoms with Gasteiger partial charge in [-0.25, -0.2) is 4.98 Å². The van der Waals surface area contributed by atoms with E-state index in [-0.39, 0.29) is 5.04 Å². The molecule has 0 bridgehead atoms. The average molecular weight is 395 g/mol. The molecular formula is C22H30N4OSi. The number of hydrogen-bond donors (Lipinski definition) is 0. The Labute approximate surface area is 168 Å². The number of para-hydroxylation sites is 2. The molecule has 0 amide bonds. The summed E-state index contributed by atoms with van der Waals surface area (Å²) in [5.41, 5.74) is 3.74. The summed E-state index contributed by atoms with van der Waals surface area (Å²) in [5.74, 6) is 0.667. The minimum absolute atomic E-state index is 0.272. The van der Waals surface area contributed by atoms with Crippen LogP contribution in [-0.4, -0.2) is 34.7 Å². The molecule has 1 aliphatic carbocycles. The normalized spacial score (nSPS) is 19.9. The van der Waals surface area contributed by atoms with E-state index in [9.17, 15) is 0 Å². The highest BCUT2D eigenvalue weighted by molar-refractivity contribution is 6.74. The van der Waals surface area contributed by atoms with Crippen LogP contribution in [0.5, 0.6) is 0 Å². The molecule has 0 spiro atoms. The van der Waals surface area contributed by atoms with Gasteiger partial charge in [0.1, 0.15) is 0 Å². The molecular weight excluding hydrogens is 364 g/mol. The first-order valence-electron chi connectivity index (χ1n) is 10.1. The highest BCUT2D eigenvalue weighted by Crippen LogP contribution is 2.46. The second-order valence-electron chi connectivity index (χ2n) is 9.41. The van der Waals surface area contributed by atoms with Crippen LogP contribution >= 0.6 is 0 Å². The number of hydrogen-bond acceptors (Lipinski definition) is 4. The van der Waals surface area contributed by atoms with Crippen LogP contribution in [-0.2, 0) is 4.43 Å². The lowest BCUT2D eigenvalue weighted by atomic mass is 10.2. The Bertz CT molecular complexity index is 976. The van der Waals surface area contributed by atoms with Crippen molar-refractivity contribution in [3.63, 3.8) is 0 Å². The van der Waals surface area contributed by atoms with E-state index >= 15 is 0 Å². The molecule has 1 saturated carbocycles. The Balaban J connectivity index is 1.36. The van der Waals surface area contributed by atoms with Gasteiger partial charge in [0, 0.05) is 18.4 Å². The predicted octanol–water partition coefficient (Wildman–Crippen LogP) is 5.47. The van der Waals surface area contributed by atoms with Crippen molar-refractivity contribution >= 4 is 19.4 Å². The van der Waals surface area contributed by atoms with E-state index in [4.69, 9.17) is 9.41 Å². The summed E-state index contributed by atoms with van der Waals surface area (Å²) < 4.78 is 8.44. The number of fused-ring (bicyclic) bond motifs is 1. The first-order chi connectivity index (χ1) is 13.2. The molecule has 0 N–H and O–H groups in total. The van der Waals surface area contributed by atoms with Crippen molar-refractivity contribution in [1.29, 1.82) is 0 Å². The van der Waals surface area contributed by atoms with Gasteiger partial charge in [0.25, 0.3) is 0 Å². The summed E-state index contributed by atoms with van der Waals surface area (Å²) in [4.78, 5) is 9.24. The fourth-order valence-electron chi connectivity index (χ4n) is 3.30. The molecule has 1 fully saturated rings. The van der Waals surface area contributed by atoms with Crippen LogP contribution in [0.4, 0.5) is 0 Å². The average Bonchev–Trinajstić information content (AvgIpc) is 3.24. The van der Waals surface area contributed by atoms with Gasteiger partial charge in [-0.05, 0) is 49.0 Å². The molecule has 1 aliphatic rings. The molecule has 2 aromatic heterocycles. The van der Waals surface area contributed by atoms with Gasteiger partial charge in [0.15, 0.2) is 8.32 Å².